The molecule has 0 radical (unpaired) electrons. The molecule has 0 saturated carbocycles. The SMILES string of the molecule is CCOC(=O)C[C@H]1CCCCN1C(=O)Nc1ccccc1F. The number of urea groups is 1. The van der Waals surface area contributed by atoms with Gasteiger partial charge in [0.25, 0.3) is 0 Å². The summed E-state index contributed by atoms with van der Waals surface area (Å²) in [5, 5.41) is 2.58. The molecule has 6 heteroatoms. The first kappa shape index (κ1) is 16.3. The Morgan fingerprint density at radius 3 is 2.86 bits per heavy atom. The lowest BCUT2D eigenvalue weighted by atomic mass is 10.00. The Labute approximate surface area is 129 Å². The summed E-state index contributed by atoms with van der Waals surface area (Å²) in [7, 11) is 0. The Hall–Kier alpha value is -2.11. The summed E-state index contributed by atoms with van der Waals surface area (Å²) in [5.74, 6) is -0.784. The van der Waals surface area contributed by atoms with Crippen molar-refractivity contribution in [2.45, 2.75) is 38.6 Å². The molecule has 0 aliphatic carbocycles. The van der Waals surface area contributed by atoms with Crippen molar-refractivity contribution in [1.82, 2.24) is 4.90 Å². The van der Waals surface area contributed by atoms with Gasteiger partial charge in [0.15, 0.2) is 0 Å². The van der Waals surface area contributed by atoms with Crippen LogP contribution in [0.4, 0.5) is 14.9 Å². The van der Waals surface area contributed by atoms with Gasteiger partial charge in [-0.3, -0.25) is 4.79 Å². The molecule has 1 aliphatic rings. The van der Waals surface area contributed by atoms with Gasteiger partial charge in [-0.2, -0.15) is 0 Å². The summed E-state index contributed by atoms with van der Waals surface area (Å²) >= 11 is 0. The molecular weight excluding hydrogens is 287 g/mol. The fourth-order valence-electron chi connectivity index (χ4n) is 2.64. The molecule has 5 nitrogen and oxygen atoms in total. The van der Waals surface area contributed by atoms with Crippen LogP contribution in [0.5, 0.6) is 0 Å². The van der Waals surface area contributed by atoms with Crippen molar-refractivity contribution in [3.8, 4) is 0 Å². The minimum Gasteiger partial charge on any atom is -0.466 e. The highest BCUT2D eigenvalue weighted by molar-refractivity contribution is 5.90. The molecule has 1 aromatic rings. The summed E-state index contributed by atoms with van der Waals surface area (Å²) in [6.07, 6.45) is 2.78. The highest BCUT2D eigenvalue weighted by Gasteiger charge is 2.29. The number of piperidine rings is 1. The van der Waals surface area contributed by atoms with E-state index in [9.17, 15) is 14.0 Å². The lowest BCUT2D eigenvalue weighted by Gasteiger charge is -2.35. The van der Waals surface area contributed by atoms with E-state index in [-0.39, 0.29) is 30.2 Å². The second kappa shape index (κ2) is 7.77. The molecule has 0 bridgehead atoms. The average Bonchev–Trinajstić information content (AvgIpc) is 2.50. The zero-order valence-corrected chi connectivity index (χ0v) is 12.7. The van der Waals surface area contributed by atoms with Crippen LogP contribution in [0, 0.1) is 5.82 Å². The predicted octanol–water partition coefficient (Wildman–Crippen LogP) is 3.17. The monoisotopic (exact) mass is 308 g/mol. The fraction of sp³-hybridized carbons (Fsp3) is 0.500. The largest absolute Gasteiger partial charge is 0.466 e. The van der Waals surface area contributed by atoms with Gasteiger partial charge >= 0.3 is 12.0 Å². The molecular formula is C16H21FN2O3. The van der Waals surface area contributed by atoms with Gasteiger partial charge in [0.1, 0.15) is 5.82 Å². The van der Waals surface area contributed by atoms with Gasteiger partial charge in [-0.1, -0.05) is 12.1 Å². The van der Waals surface area contributed by atoms with Crippen molar-refractivity contribution >= 4 is 17.7 Å². The summed E-state index contributed by atoms with van der Waals surface area (Å²) in [6.45, 7) is 2.64. The maximum atomic E-state index is 13.6. The first-order valence-corrected chi connectivity index (χ1v) is 7.59. The van der Waals surface area contributed by atoms with Gasteiger partial charge < -0.3 is 15.0 Å². The Kier molecular flexibility index (Phi) is 5.75. The van der Waals surface area contributed by atoms with Crippen LogP contribution in [0.15, 0.2) is 24.3 Å². The maximum absolute atomic E-state index is 13.6. The van der Waals surface area contributed by atoms with Crippen LogP contribution in [-0.2, 0) is 9.53 Å². The standard InChI is InChI=1S/C16H21FN2O3/c1-2-22-15(20)11-12-7-5-6-10-19(12)16(21)18-14-9-4-3-8-13(14)17/h3-4,8-9,12H,2,5-7,10-11H2,1H3,(H,18,21)/t12-/m1/s1. The second-order valence-corrected chi connectivity index (χ2v) is 5.26. The van der Waals surface area contributed by atoms with E-state index in [4.69, 9.17) is 4.74 Å². The van der Waals surface area contributed by atoms with E-state index in [0.29, 0.717) is 13.2 Å². The molecule has 120 valence electrons. The molecule has 1 atom stereocenters. The van der Waals surface area contributed by atoms with Crippen molar-refractivity contribution in [2.75, 3.05) is 18.5 Å². The number of nitrogens with zero attached hydrogens (tertiary/aromatic N) is 1. The molecule has 1 saturated heterocycles. The summed E-state index contributed by atoms with van der Waals surface area (Å²) in [5.41, 5.74) is 0.146. The molecule has 1 aromatic carbocycles. The molecule has 0 spiro atoms. The molecule has 1 aliphatic heterocycles. The molecule has 1 heterocycles. The van der Waals surface area contributed by atoms with Crippen LogP contribution >= 0.6 is 0 Å². The molecule has 2 amide bonds. The number of hydrogen-bond acceptors (Lipinski definition) is 3. The van der Waals surface area contributed by atoms with Gasteiger partial charge in [0, 0.05) is 12.6 Å². The van der Waals surface area contributed by atoms with Crippen LogP contribution in [-0.4, -0.2) is 36.1 Å². The first-order chi connectivity index (χ1) is 10.6. The highest BCUT2D eigenvalue weighted by Crippen LogP contribution is 2.22. The Bertz CT molecular complexity index is 536. The Morgan fingerprint density at radius 1 is 1.36 bits per heavy atom. The highest BCUT2D eigenvalue weighted by atomic mass is 19.1. The number of nitrogens with one attached hydrogen (secondary N) is 1. The number of likely N-dealkylation sites (tertiary alicyclic amines) is 1. The third-order valence-corrected chi connectivity index (χ3v) is 3.71. The van der Waals surface area contributed by atoms with Gasteiger partial charge in [-0.25, -0.2) is 9.18 Å². The summed E-state index contributed by atoms with van der Waals surface area (Å²) < 4.78 is 18.6. The topological polar surface area (TPSA) is 58.6 Å². The van der Waals surface area contributed by atoms with E-state index in [2.05, 4.69) is 5.32 Å². The van der Waals surface area contributed by atoms with Crippen molar-refractivity contribution in [3.63, 3.8) is 0 Å². The van der Waals surface area contributed by atoms with Crippen LogP contribution in [0.3, 0.4) is 0 Å². The zero-order valence-electron chi connectivity index (χ0n) is 12.7. The molecule has 1 N–H and O–H groups in total. The number of carbonyl (C=O) groups is 2. The van der Waals surface area contributed by atoms with E-state index in [1.54, 1.807) is 24.0 Å². The minimum atomic E-state index is -0.477. The van der Waals surface area contributed by atoms with Crippen molar-refractivity contribution in [3.05, 3.63) is 30.1 Å². The van der Waals surface area contributed by atoms with Crippen molar-refractivity contribution < 1.29 is 18.7 Å². The molecule has 0 unspecified atom stereocenters. The van der Waals surface area contributed by atoms with E-state index in [1.807, 2.05) is 0 Å². The lowest BCUT2D eigenvalue weighted by Crippen LogP contribution is -2.47. The Balaban J connectivity index is 2.02. The third-order valence-electron chi connectivity index (χ3n) is 3.71. The first-order valence-electron chi connectivity index (χ1n) is 7.59. The van der Waals surface area contributed by atoms with Gasteiger partial charge in [0.2, 0.25) is 0 Å². The number of ether oxygens (including phenoxy) is 1. The number of para-hydroxylation sites is 1. The zero-order chi connectivity index (χ0) is 15.9. The van der Waals surface area contributed by atoms with Gasteiger partial charge in [-0.05, 0) is 38.3 Å². The average molecular weight is 308 g/mol. The second-order valence-electron chi connectivity index (χ2n) is 5.26. The molecule has 22 heavy (non-hydrogen) atoms. The smallest absolute Gasteiger partial charge is 0.322 e. The number of esters is 1. The number of carbonyl (C=O) groups excluding carboxylic acids is 2. The summed E-state index contributed by atoms with van der Waals surface area (Å²) in [4.78, 5) is 25.6. The van der Waals surface area contributed by atoms with Crippen LogP contribution in [0.1, 0.15) is 32.6 Å². The number of halogens is 1. The van der Waals surface area contributed by atoms with Crippen LogP contribution in [0.25, 0.3) is 0 Å². The maximum Gasteiger partial charge on any atom is 0.322 e. The van der Waals surface area contributed by atoms with Crippen molar-refractivity contribution in [2.24, 2.45) is 0 Å². The van der Waals surface area contributed by atoms with Gasteiger partial charge in [0.05, 0.1) is 18.7 Å². The summed E-state index contributed by atoms with van der Waals surface area (Å²) in [6, 6.07) is 5.46. The number of rotatable bonds is 4. The normalized spacial score (nSPS) is 17.9. The lowest BCUT2D eigenvalue weighted by molar-refractivity contribution is -0.144. The quantitative estimate of drug-likeness (QED) is 0.869. The number of amides is 2. The van der Waals surface area contributed by atoms with E-state index in [1.165, 1.54) is 12.1 Å². The van der Waals surface area contributed by atoms with Gasteiger partial charge in [-0.15, -0.1) is 0 Å². The third kappa shape index (κ3) is 4.19. The number of benzene rings is 1. The fourth-order valence-corrected chi connectivity index (χ4v) is 2.64. The van der Waals surface area contributed by atoms with Crippen LogP contribution in [0.2, 0.25) is 0 Å². The van der Waals surface area contributed by atoms with E-state index >= 15 is 0 Å². The van der Waals surface area contributed by atoms with Crippen molar-refractivity contribution in [1.29, 1.82) is 0 Å². The minimum absolute atomic E-state index is 0.146. The molecule has 1 fully saturated rings. The number of hydrogen-bond donors (Lipinski definition) is 1. The molecule has 0 aromatic heterocycles. The van der Waals surface area contributed by atoms with Crippen LogP contribution < -0.4 is 5.32 Å². The van der Waals surface area contributed by atoms with E-state index < -0.39 is 5.82 Å². The van der Waals surface area contributed by atoms with E-state index in [0.717, 1.165) is 19.3 Å². The Morgan fingerprint density at radius 2 is 2.14 bits per heavy atom. The number of anilines is 1. The predicted molar refractivity (Wildman–Crippen MR) is 81.0 cm³/mol. The molecule has 2 rings (SSSR count).